The molecule has 1 aliphatic rings. The smallest absolute Gasteiger partial charge is 0.268 e. The van der Waals surface area contributed by atoms with Gasteiger partial charge in [0.05, 0.1) is 6.61 Å². The van der Waals surface area contributed by atoms with E-state index in [0.717, 1.165) is 18.4 Å². The van der Waals surface area contributed by atoms with Crippen LogP contribution in [0.3, 0.4) is 0 Å². The van der Waals surface area contributed by atoms with E-state index in [2.05, 4.69) is 6.92 Å². The van der Waals surface area contributed by atoms with E-state index in [-0.39, 0.29) is 0 Å². The van der Waals surface area contributed by atoms with E-state index in [1.807, 2.05) is 13.8 Å². The molecule has 1 amide bonds. The zero-order valence-electron chi connectivity index (χ0n) is 13.6. The van der Waals surface area contributed by atoms with Crippen LogP contribution in [0.25, 0.3) is 0 Å². The van der Waals surface area contributed by atoms with Gasteiger partial charge in [0.25, 0.3) is 7.94 Å². The quantitative estimate of drug-likeness (QED) is 0.578. The summed E-state index contributed by atoms with van der Waals surface area (Å²) in [6.07, 6.45) is 4.18. The van der Waals surface area contributed by atoms with Gasteiger partial charge >= 0.3 is 0 Å². The summed E-state index contributed by atoms with van der Waals surface area (Å²) in [4.78, 5) is 24.3. The fraction of sp³-hybridized carbons (Fsp3) is 0.667. The molecule has 1 heterocycles. The summed E-state index contributed by atoms with van der Waals surface area (Å²) in [6.45, 7) is 9.48. The van der Waals surface area contributed by atoms with Crippen LogP contribution in [0.4, 0.5) is 0 Å². The number of primary amides is 1. The number of allylic oxidation sites excluding steroid dienone is 1. The van der Waals surface area contributed by atoms with Crippen molar-refractivity contribution in [2.75, 3.05) is 6.61 Å². The summed E-state index contributed by atoms with van der Waals surface area (Å²) in [7, 11) is -3.29. The van der Waals surface area contributed by atoms with Crippen LogP contribution in [0.15, 0.2) is 22.5 Å². The monoisotopic (exact) mass is 315 g/mol. The zero-order valence-corrected chi connectivity index (χ0v) is 14.5. The maximum Gasteiger partial charge on any atom is 0.268 e. The third-order valence-electron chi connectivity index (χ3n) is 3.45. The molecule has 5 nitrogen and oxygen atoms in total. The van der Waals surface area contributed by atoms with E-state index in [4.69, 9.17) is 14.8 Å². The molecule has 1 unspecified atom stereocenters. The second kappa shape index (κ2) is 7.01. The van der Waals surface area contributed by atoms with Gasteiger partial charge in [0.15, 0.2) is 0 Å². The lowest BCUT2D eigenvalue weighted by Gasteiger charge is -2.27. The number of rotatable bonds is 7. The molecule has 21 heavy (non-hydrogen) atoms. The van der Waals surface area contributed by atoms with Gasteiger partial charge in [-0.1, -0.05) is 13.3 Å². The SMILES string of the molecule is CCCCC1=C(/C=C(\C)C(N)=O)C(C)(C)O[P+]1([O-])OCC. The highest BCUT2D eigenvalue weighted by Gasteiger charge is 2.53. The largest absolute Gasteiger partial charge is 0.627 e. The molecule has 0 fully saturated rings. The van der Waals surface area contributed by atoms with Crippen LogP contribution in [-0.2, 0) is 13.8 Å². The van der Waals surface area contributed by atoms with Crippen molar-refractivity contribution in [3.8, 4) is 0 Å². The Morgan fingerprint density at radius 3 is 2.57 bits per heavy atom. The van der Waals surface area contributed by atoms with Crippen molar-refractivity contribution in [2.24, 2.45) is 5.73 Å². The first-order valence-corrected chi connectivity index (χ1v) is 8.89. The number of nitrogens with two attached hydrogens (primary N) is 1. The molecule has 0 saturated carbocycles. The fourth-order valence-corrected chi connectivity index (χ4v) is 4.75. The molecule has 0 spiro atoms. The van der Waals surface area contributed by atoms with Crippen molar-refractivity contribution in [3.63, 3.8) is 0 Å². The van der Waals surface area contributed by atoms with Crippen LogP contribution < -0.4 is 10.6 Å². The van der Waals surface area contributed by atoms with Gasteiger partial charge in [-0.25, -0.2) is 4.52 Å². The normalized spacial score (nSPS) is 25.5. The van der Waals surface area contributed by atoms with E-state index < -0.39 is 19.5 Å². The Labute approximate surface area is 127 Å². The summed E-state index contributed by atoms with van der Waals surface area (Å²) in [5, 5.41) is 0.678. The minimum absolute atomic E-state index is 0.314. The van der Waals surface area contributed by atoms with Crippen LogP contribution >= 0.6 is 7.94 Å². The predicted octanol–water partition coefficient (Wildman–Crippen LogP) is 2.83. The first-order valence-electron chi connectivity index (χ1n) is 7.35. The highest BCUT2D eigenvalue weighted by Crippen LogP contribution is 2.70. The fourth-order valence-electron chi connectivity index (χ4n) is 2.33. The zero-order chi connectivity index (χ0) is 16.3. The van der Waals surface area contributed by atoms with Crippen molar-refractivity contribution in [3.05, 3.63) is 22.5 Å². The number of unbranched alkanes of at least 4 members (excludes halogenated alkanes) is 1. The third-order valence-corrected chi connectivity index (χ3v) is 5.87. The highest BCUT2D eigenvalue weighted by atomic mass is 31.2. The minimum atomic E-state index is -3.29. The lowest BCUT2D eigenvalue weighted by atomic mass is 9.94. The summed E-state index contributed by atoms with van der Waals surface area (Å²) in [6, 6.07) is 0. The van der Waals surface area contributed by atoms with Gasteiger partial charge in [-0.05, 0) is 40.2 Å². The summed E-state index contributed by atoms with van der Waals surface area (Å²) in [5.74, 6) is -0.494. The molecule has 1 aliphatic heterocycles. The topological polar surface area (TPSA) is 84.6 Å². The van der Waals surface area contributed by atoms with Gasteiger partial charge in [-0.2, -0.15) is 4.52 Å². The van der Waals surface area contributed by atoms with Gasteiger partial charge in [0.2, 0.25) is 5.91 Å². The second-order valence-electron chi connectivity index (χ2n) is 5.67. The Morgan fingerprint density at radius 2 is 2.10 bits per heavy atom. The van der Waals surface area contributed by atoms with Crippen molar-refractivity contribution < 1.29 is 18.7 Å². The molecular formula is C15H26NO4P. The Kier molecular flexibility index (Phi) is 6.11. The molecule has 1 atom stereocenters. The lowest BCUT2D eigenvalue weighted by molar-refractivity contribution is -0.219. The van der Waals surface area contributed by atoms with E-state index in [0.29, 0.717) is 23.9 Å². The molecule has 0 aliphatic carbocycles. The van der Waals surface area contributed by atoms with Crippen LogP contribution in [0.1, 0.15) is 53.9 Å². The third kappa shape index (κ3) is 4.13. The molecular weight excluding hydrogens is 289 g/mol. The predicted molar refractivity (Wildman–Crippen MR) is 83.2 cm³/mol. The van der Waals surface area contributed by atoms with Crippen LogP contribution in [-0.4, -0.2) is 18.1 Å². The Bertz CT molecular complexity index is 470. The van der Waals surface area contributed by atoms with Crippen molar-refractivity contribution in [1.82, 2.24) is 0 Å². The molecule has 120 valence electrons. The molecule has 0 aromatic carbocycles. The molecule has 1 rings (SSSR count). The molecule has 0 aromatic rings. The maximum atomic E-state index is 13.0. The van der Waals surface area contributed by atoms with Crippen LogP contribution in [0.2, 0.25) is 0 Å². The highest BCUT2D eigenvalue weighted by molar-refractivity contribution is 7.64. The van der Waals surface area contributed by atoms with Crippen LogP contribution in [0.5, 0.6) is 0 Å². The summed E-state index contributed by atoms with van der Waals surface area (Å²) >= 11 is 0. The maximum absolute atomic E-state index is 13.0. The standard InChI is InChI=1S/C15H26NO4P/c1-6-8-9-13-12(10-11(3)14(16)17)15(4,5)20-21(13,18)19-7-2/h10H,6-9H2,1-5H3,(H2,16,17)/b11-10+. The van der Waals surface area contributed by atoms with Gasteiger partial charge in [-0.3, -0.25) is 4.79 Å². The first-order chi connectivity index (χ1) is 9.68. The Morgan fingerprint density at radius 1 is 1.48 bits per heavy atom. The molecule has 0 radical (unpaired) electrons. The molecule has 0 aromatic heterocycles. The van der Waals surface area contributed by atoms with Gasteiger partial charge < -0.3 is 10.6 Å². The average molecular weight is 315 g/mol. The van der Waals surface area contributed by atoms with Gasteiger partial charge in [0, 0.05) is 17.6 Å². The average Bonchev–Trinajstić information content (AvgIpc) is 2.54. The van der Waals surface area contributed by atoms with Crippen LogP contribution in [0, 0.1) is 0 Å². The summed E-state index contributed by atoms with van der Waals surface area (Å²) in [5.41, 5.74) is 5.72. The molecule has 0 bridgehead atoms. The van der Waals surface area contributed by atoms with E-state index in [9.17, 15) is 9.69 Å². The van der Waals surface area contributed by atoms with Crippen molar-refractivity contribution >= 4 is 13.9 Å². The number of hydrogen-bond donors (Lipinski definition) is 1. The lowest BCUT2D eigenvalue weighted by Crippen LogP contribution is -2.24. The van der Waals surface area contributed by atoms with E-state index in [1.165, 1.54) is 0 Å². The molecule has 6 heteroatoms. The van der Waals surface area contributed by atoms with Gasteiger partial charge in [0.1, 0.15) is 10.9 Å². The number of amides is 1. The van der Waals surface area contributed by atoms with Gasteiger partial charge in [-0.15, -0.1) is 0 Å². The Balaban J connectivity index is 3.35. The number of carbonyl (C=O) groups is 1. The van der Waals surface area contributed by atoms with E-state index in [1.54, 1.807) is 19.9 Å². The van der Waals surface area contributed by atoms with Crippen molar-refractivity contribution in [1.29, 1.82) is 0 Å². The Hall–Kier alpha value is -0.740. The number of hydrogen-bond acceptors (Lipinski definition) is 4. The second-order valence-corrected chi connectivity index (χ2v) is 7.65. The minimum Gasteiger partial charge on any atom is -0.627 e. The van der Waals surface area contributed by atoms with E-state index >= 15 is 0 Å². The summed E-state index contributed by atoms with van der Waals surface area (Å²) < 4.78 is 11.2. The van der Waals surface area contributed by atoms with Crippen molar-refractivity contribution in [2.45, 2.75) is 59.5 Å². The molecule has 0 saturated heterocycles. The number of carbonyl (C=O) groups excluding carboxylic acids is 1. The first kappa shape index (κ1) is 18.3. The molecule has 2 N–H and O–H groups in total.